The van der Waals surface area contributed by atoms with Crippen LogP contribution >= 0.6 is 0 Å². The SMILES string of the molecule is O=C1COc2ccc(CNC(=O)c3cc4ccccc4cn3)cc2N1. The quantitative estimate of drug-likeness (QED) is 0.772. The molecule has 0 atom stereocenters. The number of nitrogens with zero attached hydrogens (tertiary/aromatic N) is 1. The molecule has 6 nitrogen and oxygen atoms in total. The van der Waals surface area contributed by atoms with Gasteiger partial charge in [0.15, 0.2) is 6.61 Å². The van der Waals surface area contributed by atoms with E-state index in [4.69, 9.17) is 4.74 Å². The van der Waals surface area contributed by atoms with Crippen LogP contribution in [0.25, 0.3) is 10.8 Å². The van der Waals surface area contributed by atoms with Crippen LogP contribution in [0.2, 0.25) is 0 Å². The molecule has 0 radical (unpaired) electrons. The number of nitrogens with one attached hydrogen (secondary N) is 2. The van der Waals surface area contributed by atoms with Gasteiger partial charge in [-0.15, -0.1) is 0 Å². The maximum absolute atomic E-state index is 12.3. The van der Waals surface area contributed by atoms with Crippen LogP contribution in [-0.4, -0.2) is 23.4 Å². The largest absolute Gasteiger partial charge is 0.482 e. The van der Waals surface area contributed by atoms with Crippen LogP contribution in [0, 0.1) is 0 Å². The van der Waals surface area contributed by atoms with Crippen molar-refractivity contribution in [1.29, 1.82) is 0 Å². The Kier molecular flexibility index (Phi) is 3.78. The molecule has 3 aromatic rings. The van der Waals surface area contributed by atoms with Crippen LogP contribution in [0.1, 0.15) is 16.1 Å². The number of carbonyl (C=O) groups excluding carboxylic acids is 2. The number of hydrogen-bond acceptors (Lipinski definition) is 4. The van der Waals surface area contributed by atoms with Crippen LogP contribution in [0.4, 0.5) is 5.69 Å². The van der Waals surface area contributed by atoms with E-state index in [1.54, 1.807) is 24.4 Å². The van der Waals surface area contributed by atoms with Crippen molar-refractivity contribution in [1.82, 2.24) is 10.3 Å². The number of pyridine rings is 1. The van der Waals surface area contributed by atoms with Crippen molar-refractivity contribution in [3.8, 4) is 5.75 Å². The van der Waals surface area contributed by atoms with Gasteiger partial charge >= 0.3 is 0 Å². The van der Waals surface area contributed by atoms with Crippen molar-refractivity contribution in [2.24, 2.45) is 0 Å². The Hall–Kier alpha value is -3.41. The lowest BCUT2D eigenvalue weighted by molar-refractivity contribution is -0.118. The van der Waals surface area contributed by atoms with Gasteiger partial charge in [-0.2, -0.15) is 0 Å². The predicted molar refractivity (Wildman–Crippen MR) is 93.5 cm³/mol. The van der Waals surface area contributed by atoms with Crippen molar-refractivity contribution in [3.63, 3.8) is 0 Å². The normalized spacial score (nSPS) is 12.9. The highest BCUT2D eigenvalue weighted by molar-refractivity contribution is 5.97. The van der Waals surface area contributed by atoms with Crippen LogP contribution < -0.4 is 15.4 Å². The summed E-state index contributed by atoms with van der Waals surface area (Å²) < 4.78 is 5.32. The van der Waals surface area contributed by atoms with Crippen molar-refractivity contribution in [2.75, 3.05) is 11.9 Å². The fraction of sp³-hybridized carbons (Fsp3) is 0.105. The molecule has 4 rings (SSSR count). The fourth-order valence-electron chi connectivity index (χ4n) is 2.72. The molecule has 6 heteroatoms. The molecule has 0 unspecified atom stereocenters. The highest BCUT2D eigenvalue weighted by Crippen LogP contribution is 2.28. The Morgan fingerprint density at radius 1 is 1.16 bits per heavy atom. The number of ether oxygens (including phenoxy) is 1. The number of aromatic nitrogens is 1. The third-order valence-electron chi connectivity index (χ3n) is 3.99. The summed E-state index contributed by atoms with van der Waals surface area (Å²) in [6.07, 6.45) is 1.69. The number of rotatable bonds is 3. The highest BCUT2D eigenvalue weighted by atomic mass is 16.5. The van der Waals surface area contributed by atoms with Crippen molar-refractivity contribution < 1.29 is 14.3 Å². The molecule has 2 N–H and O–H groups in total. The standard InChI is InChI=1S/C19H15N3O3/c23-18-11-25-17-6-5-12(7-15(17)22-18)9-21-19(24)16-8-13-3-1-2-4-14(13)10-20-16/h1-8,10H,9,11H2,(H,21,24)(H,22,23). The Balaban J connectivity index is 1.47. The summed E-state index contributed by atoms with van der Waals surface area (Å²) >= 11 is 0. The van der Waals surface area contributed by atoms with E-state index < -0.39 is 0 Å². The minimum absolute atomic E-state index is 0.0245. The van der Waals surface area contributed by atoms with E-state index >= 15 is 0 Å². The molecule has 1 aliphatic rings. The number of carbonyl (C=O) groups is 2. The smallest absolute Gasteiger partial charge is 0.270 e. The molecule has 2 amide bonds. The predicted octanol–water partition coefficient (Wildman–Crippen LogP) is 2.50. The van der Waals surface area contributed by atoms with Crippen LogP contribution in [0.15, 0.2) is 54.7 Å². The van der Waals surface area contributed by atoms with Gasteiger partial charge in [0.2, 0.25) is 0 Å². The average Bonchev–Trinajstić information content (AvgIpc) is 2.65. The molecular weight excluding hydrogens is 318 g/mol. The summed E-state index contributed by atoms with van der Waals surface area (Å²) in [5, 5.41) is 7.55. The molecule has 0 fully saturated rings. The van der Waals surface area contributed by atoms with Gasteiger partial charge in [0.05, 0.1) is 5.69 Å². The van der Waals surface area contributed by atoms with E-state index in [0.29, 0.717) is 23.7 Å². The van der Waals surface area contributed by atoms with Crippen LogP contribution in [0.3, 0.4) is 0 Å². The van der Waals surface area contributed by atoms with Gasteiger partial charge in [-0.25, -0.2) is 0 Å². The Labute approximate surface area is 143 Å². The van der Waals surface area contributed by atoms with Crippen LogP contribution in [-0.2, 0) is 11.3 Å². The van der Waals surface area contributed by atoms with Gasteiger partial charge in [0.1, 0.15) is 11.4 Å². The van der Waals surface area contributed by atoms with Gasteiger partial charge in [0.25, 0.3) is 11.8 Å². The second kappa shape index (κ2) is 6.24. The van der Waals surface area contributed by atoms with Crippen molar-refractivity contribution in [3.05, 3.63) is 66.0 Å². The molecule has 1 aliphatic heterocycles. The fourth-order valence-corrected chi connectivity index (χ4v) is 2.72. The molecule has 1 aromatic heterocycles. The first kappa shape index (κ1) is 15.1. The number of amides is 2. The van der Waals surface area contributed by atoms with Crippen LogP contribution in [0.5, 0.6) is 5.75 Å². The second-order valence-corrected chi connectivity index (χ2v) is 5.77. The summed E-state index contributed by atoms with van der Waals surface area (Å²) in [5.74, 6) is 0.198. The molecule has 0 bridgehead atoms. The average molecular weight is 333 g/mol. The van der Waals surface area contributed by atoms with Gasteiger partial charge in [-0.05, 0) is 29.1 Å². The van der Waals surface area contributed by atoms with Crippen molar-refractivity contribution in [2.45, 2.75) is 6.54 Å². The Morgan fingerprint density at radius 3 is 2.88 bits per heavy atom. The van der Waals surface area contributed by atoms with E-state index in [-0.39, 0.29) is 18.4 Å². The van der Waals surface area contributed by atoms with E-state index in [0.717, 1.165) is 16.3 Å². The summed E-state index contributed by atoms with van der Waals surface area (Å²) in [7, 11) is 0. The monoisotopic (exact) mass is 333 g/mol. The summed E-state index contributed by atoms with van der Waals surface area (Å²) in [6.45, 7) is 0.354. The lowest BCUT2D eigenvalue weighted by Gasteiger charge is -2.18. The molecule has 0 saturated carbocycles. The van der Waals surface area contributed by atoms with Gasteiger partial charge in [0, 0.05) is 18.1 Å². The first-order valence-corrected chi connectivity index (χ1v) is 7.87. The van der Waals surface area contributed by atoms with Gasteiger partial charge in [-0.1, -0.05) is 30.3 Å². The third kappa shape index (κ3) is 3.14. The third-order valence-corrected chi connectivity index (χ3v) is 3.99. The molecule has 0 aliphatic carbocycles. The highest BCUT2D eigenvalue weighted by Gasteiger charge is 2.16. The molecule has 0 spiro atoms. The first-order chi connectivity index (χ1) is 12.2. The summed E-state index contributed by atoms with van der Waals surface area (Å²) in [5.41, 5.74) is 1.85. The van der Waals surface area contributed by atoms with Gasteiger partial charge in [-0.3, -0.25) is 14.6 Å². The number of fused-ring (bicyclic) bond motifs is 2. The second-order valence-electron chi connectivity index (χ2n) is 5.77. The topological polar surface area (TPSA) is 80.3 Å². The lowest BCUT2D eigenvalue weighted by atomic mass is 10.1. The minimum Gasteiger partial charge on any atom is -0.482 e. The van der Waals surface area contributed by atoms with E-state index in [9.17, 15) is 9.59 Å². The Bertz CT molecular complexity index is 985. The zero-order valence-corrected chi connectivity index (χ0v) is 13.3. The van der Waals surface area contributed by atoms with E-state index in [2.05, 4.69) is 15.6 Å². The van der Waals surface area contributed by atoms with E-state index in [1.807, 2.05) is 30.3 Å². The zero-order chi connectivity index (χ0) is 17.2. The maximum atomic E-state index is 12.3. The zero-order valence-electron chi connectivity index (χ0n) is 13.3. The first-order valence-electron chi connectivity index (χ1n) is 7.87. The van der Waals surface area contributed by atoms with E-state index in [1.165, 1.54) is 0 Å². The summed E-state index contributed by atoms with van der Waals surface area (Å²) in [6, 6.07) is 14.9. The molecular formula is C19H15N3O3. The molecule has 25 heavy (non-hydrogen) atoms. The molecule has 2 heterocycles. The molecule has 124 valence electrons. The van der Waals surface area contributed by atoms with Gasteiger partial charge < -0.3 is 15.4 Å². The number of benzene rings is 2. The molecule has 0 saturated heterocycles. The maximum Gasteiger partial charge on any atom is 0.270 e. The summed E-state index contributed by atoms with van der Waals surface area (Å²) in [4.78, 5) is 27.9. The lowest BCUT2D eigenvalue weighted by Crippen LogP contribution is -2.26. The number of hydrogen-bond donors (Lipinski definition) is 2. The minimum atomic E-state index is -0.247. The molecule has 2 aromatic carbocycles. The Morgan fingerprint density at radius 2 is 2.00 bits per heavy atom. The van der Waals surface area contributed by atoms with Crippen molar-refractivity contribution >= 4 is 28.3 Å². The number of anilines is 1.